The fraction of sp³-hybridized carbons (Fsp3) is 0.611. The lowest BCUT2D eigenvalue weighted by molar-refractivity contribution is -0.122. The van der Waals surface area contributed by atoms with Crippen LogP contribution in [0.4, 0.5) is 4.39 Å². The van der Waals surface area contributed by atoms with E-state index in [-0.39, 0.29) is 23.5 Å². The lowest BCUT2D eigenvalue weighted by atomic mass is 9.84. The summed E-state index contributed by atoms with van der Waals surface area (Å²) in [6.45, 7) is 0.813. The molecule has 1 fully saturated rings. The maximum atomic E-state index is 13.4. The van der Waals surface area contributed by atoms with Gasteiger partial charge < -0.3 is 15.8 Å². The van der Waals surface area contributed by atoms with Crippen LogP contribution in [0.2, 0.25) is 0 Å². The first kappa shape index (κ1) is 17.7. The molecule has 0 spiro atoms. The average Bonchev–Trinajstić information content (AvgIpc) is 2.59. The Balaban J connectivity index is 1.66. The van der Waals surface area contributed by atoms with Gasteiger partial charge in [0.2, 0.25) is 5.91 Å². The van der Waals surface area contributed by atoms with Crippen LogP contribution in [0.3, 0.4) is 0 Å². The van der Waals surface area contributed by atoms with Crippen molar-refractivity contribution in [3.05, 3.63) is 30.1 Å². The Bertz CT molecular complexity index is 490. The smallest absolute Gasteiger partial charge is 0.220 e. The number of nitrogens with one attached hydrogen (secondary N) is 1. The van der Waals surface area contributed by atoms with Crippen molar-refractivity contribution in [3.8, 4) is 5.75 Å². The van der Waals surface area contributed by atoms with E-state index >= 15 is 0 Å². The van der Waals surface area contributed by atoms with E-state index in [9.17, 15) is 9.18 Å². The summed E-state index contributed by atoms with van der Waals surface area (Å²) < 4.78 is 18.7. The van der Waals surface area contributed by atoms with Crippen molar-refractivity contribution in [1.29, 1.82) is 0 Å². The molecule has 5 heteroatoms. The molecule has 1 unspecified atom stereocenters. The Kier molecular flexibility index (Phi) is 7.33. The number of para-hydroxylation sites is 1. The van der Waals surface area contributed by atoms with Crippen molar-refractivity contribution in [2.45, 2.75) is 51.0 Å². The molecule has 1 saturated carbocycles. The zero-order chi connectivity index (χ0) is 16.5. The zero-order valence-corrected chi connectivity index (χ0v) is 13.6. The quantitative estimate of drug-likeness (QED) is 0.723. The van der Waals surface area contributed by atoms with Crippen molar-refractivity contribution in [3.63, 3.8) is 0 Å². The molecule has 4 nitrogen and oxygen atoms in total. The molecule has 1 aliphatic rings. The normalized spacial score (nSPS) is 16.8. The predicted molar refractivity (Wildman–Crippen MR) is 88.7 cm³/mol. The summed E-state index contributed by atoms with van der Waals surface area (Å²) in [5, 5.41) is 3.05. The van der Waals surface area contributed by atoms with Crippen molar-refractivity contribution in [2.75, 3.05) is 13.2 Å². The number of rotatable bonds is 8. The number of amides is 1. The van der Waals surface area contributed by atoms with Gasteiger partial charge in [-0.15, -0.1) is 0 Å². The first-order valence-corrected chi connectivity index (χ1v) is 8.57. The van der Waals surface area contributed by atoms with Gasteiger partial charge in [0.05, 0.1) is 6.61 Å². The summed E-state index contributed by atoms with van der Waals surface area (Å²) in [4.78, 5) is 12.0. The number of carbonyl (C=O) groups excluding carboxylic acids is 1. The van der Waals surface area contributed by atoms with Crippen LogP contribution in [0.5, 0.6) is 5.75 Å². The topological polar surface area (TPSA) is 64.3 Å². The average molecular weight is 322 g/mol. The number of halogens is 1. The Labute approximate surface area is 137 Å². The fourth-order valence-corrected chi connectivity index (χ4v) is 3.16. The van der Waals surface area contributed by atoms with E-state index in [1.54, 1.807) is 18.2 Å². The van der Waals surface area contributed by atoms with Crippen LogP contribution in [0.15, 0.2) is 24.3 Å². The van der Waals surface area contributed by atoms with Gasteiger partial charge in [0.25, 0.3) is 0 Å². The van der Waals surface area contributed by atoms with Crippen molar-refractivity contribution >= 4 is 5.91 Å². The molecule has 23 heavy (non-hydrogen) atoms. The van der Waals surface area contributed by atoms with Gasteiger partial charge in [-0.25, -0.2) is 4.39 Å². The third-order valence-corrected chi connectivity index (χ3v) is 4.46. The third-order valence-electron chi connectivity index (χ3n) is 4.46. The minimum atomic E-state index is -0.377. The molecule has 1 atom stereocenters. The largest absolute Gasteiger partial charge is 0.491 e. The number of ether oxygens (including phenoxy) is 1. The molecule has 0 heterocycles. The summed E-state index contributed by atoms with van der Waals surface area (Å²) >= 11 is 0. The number of carbonyl (C=O) groups is 1. The third kappa shape index (κ3) is 5.82. The molecule has 2 rings (SSSR count). The zero-order valence-electron chi connectivity index (χ0n) is 13.6. The van der Waals surface area contributed by atoms with Gasteiger partial charge in [0, 0.05) is 19.0 Å². The second-order valence-electron chi connectivity index (χ2n) is 6.19. The molecule has 0 saturated heterocycles. The number of hydrogen-bond acceptors (Lipinski definition) is 3. The summed E-state index contributed by atoms with van der Waals surface area (Å²) in [6, 6.07) is 6.37. The summed E-state index contributed by atoms with van der Waals surface area (Å²) in [7, 11) is 0. The van der Waals surface area contributed by atoms with E-state index in [0.717, 1.165) is 12.8 Å². The summed E-state index contributed by atoms with van der Waals surface area (Å²) in [5.41, 5.74) is 5.82. The van der Waals surface area contributed by atoms with Crippen LogP contribution in [-0.4, -0.2) is 25.1 Å². The van der Waals surface area contributed by atoms with Gasteiger partial charge in [0.15, 0.2) is 11.6 Å². The van der Waals surface area contributed by atoms with Gasteiger partial charge in [-0.2, -0.15) is 0 Å². The fourth-order valence-electron chi connectivity index (χ4n) is 3.16. The second kappa shape index (κ2) is 9.50. The molecule has 3 N–H and O–H groups in total. The Morgan fingerprint density at radius 3 is 2.74 bits per heavy atom. The van der Waals surface area contributed by atoms with Gasteiger partial charge in [-0.1, -0.05) is 31.4 Å². The molecule has 0 aromatic heterocycles. The van der Waals surface area contributed by atoms with Crippen LogP contribution in [0.25, 0.3) is 0 Å². The lowest BCUT2D eigenvalue weighted by Crippen LogP contribution is -2.45. The van der Waals surface area contributed by atoms with E-state index in [2.05, 4.69) is 5.32 Å². The van der Waals surface area contributed by atoms with Gasteiger partial charge in [-0.3, -0.25) is 4.79 Å². The van der Waals surface area contributed by atoms with E-state index < -0.39 is 0 Å². The molecular weight excluding hydrogens is 295 g/mol. The van der Waals surface area contributed by atoms with Gasteiger partial charge >= 0.3 is 0 Å². The highest BCUT2D eigenvalue weighted by Crippen LogP contribution is 2.26. The van der Waals surface area contributed by atoms with E-state index in [1.165, 1.54) is 25.3 Å². The Morgan fingerprint density at radius 1 is 1.30 bits per heavy atom. The SMILES string of the molecule is NCC(NC(=O)CCCOc1ccccc1F)C1CCCCC1. The summed E-state index contributed by atoms with van der Waals surface area (Å²) in [5.74, 6) is 0.364. The van der Waals surface area contributed by atoms with Crippen molar-refractivity contribution in [2.24, 2.45) is 11.7 Å². The second-order valence-corrected chi connectivity index (χ2v) is 6.19. The highest BCUT2D eigenvalue weighted by molar-refractivity contribution is 5.76. The van der Waals surface area contributed by atoms with Crippen LogP contribution < -0.4 is 15.8 Å². The minimum Gasteiger partial charge on any atom is -0.491 e. The Hall–Kier alpha value is -1.62. The van der Waals surface area contributed by atoms with E-state index in [1.807, 2.05) is 0 Å². The maximum Gasteiger partial charge on any atom is 0.220 e. The molecule has 1 aromatic rings. The first-order valence-electron chi connectivity index (χ1n) is 8.57. The van der Waals surface area contributed by atoms with Gasteiger partial charge in [0.1, 0.15) is 0 Å². The van der Waals surface area contributed by atoms with Crippen molar-refractivity contribution in [1.82, 2.24) is 5.32 Å². The highest BCUT2D eigenvalue weighted by atomic mass is 19.1. The predicted octanol–water partition coefficient (Wildman–Crippen LogP) is 3.01. The molecule has 128 valence electrons. The summed E-state index contributed by atoms with van der Waals surface area (Å²) in [6.07, 6.45) is 6.98. The van der Waals surface area contributed by atoms with Crippen LogP contribution in [-0.2, 0) is 4.79 Å². The monoisotopic (exact) mass is 322 g/mol. The number of nitrogens with two attached hydrogens (primary N) is 1. The van der Waals surface area contributed by atoms with Gasteiger partial charge in [-0.05, 0) is 37.3 Å². The number of benzene rings is 1. The molecule has 1 amide bonds. The lowest BCUT2D eigenvalue weighted by Gasteiger charge is -2.30. The first-order chi connectivity index (χ1) is 11.2. The molecule has 1 aliphatic carbocycles. The van der Waals surface area contributed by atoms with Crippen LogP contribution >= 0.6 is 0 Å². The molecule has 0 radical (unpaired) electrons. The van der Waals surface area contributed by atoms with Crippen LogP contribution in [0.1, 0.15) is 44.9 Å². The van der Waals surface area contributed by atoms with E-state index in [4.69, 9.17) is 10.5 Å². The Morgan fingerprint density at radius 2 is 2.04 bits per heavy atom. The maximum absolute atomic E-state index is 13.4. The van der Waals surface area contributed by atoms with E-state index in [0.29, 0.717) is 31.9 Å². The van der Waals surface area contributed by atoms with Crippen molar-refractivity contribution < 1.29 is 13.9 Å². The molecule has 1 aromatic carbocycles. The highest BCUT2D eigenvalue weighted by Gasteiger charge is 2.23. The number of hydrogen-bond donors (Lipinski definition) is 2. The molecule has 0 bridgehead atoms. The standard InChI is InChI=1S/C18H27FN2O2/c19-15-9-4-5-10-17(15)23-12-6-11-18(22)21-16(13-20)14-7-2-1-3-8-14/h4-5,9-10,14,16H,1-3,6-8,11-13,20H2,(H,21,22). The minimum absolute atomic E-state index is 0.00292. The molecular formula is C18H27FN2O2. The van der Waals surface area contributed by atoms with Crippen LogP contribution in [0, 0.1) is 11.7 Å². The molecule has 0 aliphatic heterocycles.